The van der Waals surface area contributed by atoms with Crippen LogP contribution in [0.25, 0.3) is 10.8 Å². The van der Waals surface area contributed by atoms with Crippen molar-refractivity contribution in [2.24, 2.45) is 11.7 Å². The Hall–Kier alpha value is -2.27. The minimum absolute atomic E-state index is 0.126. The van der Waals surface area contributed by atoms with Crippen LogP contribution in [0.5, 0.6) is 5.75 Å². The van der Waals surface area contributed by atoms with Gasteiger partial charge >= 0.3 is 6.03 Å². The van der Waals surface area contributed by atoms with Gasteiger partial charge in [-0.25, -0.2) is 4.79 Å². The summed E-state index contributed by atoms with van der Waals surface area (Å²) < 4.78 is 5.81. The van der Waals surface area contributed by atoms with E-state index in [1.54, 1.807) is 0 Å². The number of carbonyl (C=O) groups excluding carboxylic acids is 1. The first-order valence-electron chi connectivity index (χ1n) is 6.62. The van der Waals surface area contributed by atoms with Crippen LogP contribution in [0.1, 0.15) is 11.6 Å². The Balaban J connectivity index is 1.97. The number of primary amides is 1. The van der Waals surface area contributed by atoms with Gasteiger partial charge in [-0.15, -0.1) is 0 Å². The molecule has 5 heteroatoms. The topological polar surface area (TPSA) is 64.8 Å². The van der Waals surface area contributed by atoms with Crippen LogP contribution >= 0.6 is 0 Å². The fraction of sp³-hybridized carbons (Fsp3) is 0.267. The molecule has 2 heterocycles. The highest BCUT2D eigenvalue weighted by Crippen LogP contribution is 2.46. The van der Waals surface area contributed by atoms with Crippen molar-refractivity contribution < 1.29 is 14.4 Å². The lowest BCUT2D eigenvalue weighted by Gasteiger charge is -2.31. The predicted molar refractivity (Wildman–Crippen MR) is 73.0 cm³/mol. The number of hydrogen-bond acceptors (Lipinski definition) is 3. The number of benzene rings is 2. The first kappa shape index (κ1) is 11.5. The van der Waals surface area contributed by atoms with E-state index in [9.17, 15) is 4.79 Å². The van der Waals surface area contributed by atoms with Crippen molar-refractivity contribution in [3.05, 3.63) is 42.0 Å². The molecule has 2 amide bonds. The Labute approximate surface area is 115 Å². The highest BCUT2D eigenvalue weighted by Gasteiger charge is 2.44. The average molecular weight is 270 g/mol. The van der Waals surface area contributed by atoms with Crippen molar-refractivity contribution in [1.82, 2.24) is 5.06 Å². The second kappa shape index (κ2) is 4.11. The number of urea groups is 1. The number of ether oxygens (including phenoxy) is 1. The molecule has 0 radical (unpaired) electrons. The lowest BCUT2D eigenvalue weighted by Crippen LogP contribution is -2.38. The van der Waals surface area contributed by atoms with Gasteiger partial charge in [0.1, 0.15) is 5.75 Å². The van der Waals surface area contributed by atoms with Crippen LogP contribution in [0.3, 0.4) is 0 Å². The normalized spacial score (nSPS) is 24.1. The third-order valence-electron chi connectivity index (χ3n) is 4.02. The number of amides is 2. The van der Waals surface area contributed by atoms with Gasteiger partial charge in [-0.05, 0) is 16.8 Å². The third-order valence-corrected chi connectivity index (χ3v) is 4.02. The smallest absolute Gasteiger partial charge is 0.339 e. The van der Waals surface area contributed by atoms with Gasteiger partial charge < -0.3 is 10.5 Å². The summed E-state index contributed by atoms with van der Waals surface area (Å²) in [5, 5.41) is 3.49. The minimum atomic E-state index is -0.557. The first-order chi connectivity index (χ1) is 9.75. The molecule has 0 saturated carbocycles. The van der Waals surface area contributed by atoms with Gasteiger partial charge in [0.2, 0.25) is 0 Å². The van der Waals surface area contributed by atoms with E-state index in [0.717, 1.165) is 22.1 Å². The molecule has 2 aromatic rings. The molecule has 0 spiro atoms. The van der Waals surface area contributed by atoms with Gasteiger partial charge in [0, 0.05) is 11.5 Å². The minimum Gasteiger partial charge on any atom is -0.493 e. The van der Waals surface area contributed by atoms with Gasteiger partial charge in [0.25, 0.3) is 0 Å². The van der Waals surface area contributed by atoms with E-state index in [-0.39, 0.29) is 12.0 Å². The Morgan fingerprint density at radius 2 is 2.05 bits per heavy atom. The van der Waals surface area contributed by atoms with Crippen molar-refractivity contribution >= 4 is 16.8 Å². The summed E-state index contributed by atoms with van der Waals surface area (Å²) in [4.78, 5) is 17.0. The quantitative estimate of drug-likeness (QED) is 0.798. The van der Waals surface area contributed by atoms with E-state index < -0.39 is 6.03 Å². The van der Waals surface area contributed by atoms with Crippen LogP contribution in [-0.2, 0) is 4.84 Å². The zero-order chi connectivity index (χ0) is 13.7. The standard InChI is InChI=1S/C15H14N2O3/c16-15(18)17-14-10(8-20-17)7-19-12-6-5-9-3-1-2-4-11(9)13(12)14/h1-6,10,14H,7-8H2,(H2,16,18)/t10-,14+/m1/s1. The van der Waals surface area contributed by atoms with Gasteiger partial charge in [-0.2, -0.15) is 5.06 Å². The summed E-state index contributed by atoms with van der Waals surface area (Å²) in [6, 6.07) is 11.3. The molecule has 0 aliphatic carbocycles. The van der Waals surface area contributed by atoms with Crippen molar-refractivity contribution in [2.45, 2.75) is 6.04 Å². The van der Waals surface area contributed by atoms with Crippen LogP contribution in [0.15, 0.2) is 36.4 Å². The van der Waals surface area contributed by atoms with Gasteiger partial charge in [0.05, 0.1) is 19.3 Å². The molecule has 1 saturated heterocycles. The van der Waals surface area contributed by atoms with E-state index in [2.05, 4.69) is 0 Å². The van der Waals surface area contributed by atoms with Gasteiger partial charge in [-0.3, -0.25) is 4.84 Å². The maximum absolute atomic E-state index is 11.6. The summed E-state index contributed by atoms with van der Waals surface area (Å²) in [5.41, 5.74) is 6.42. The van der Waals surface area contributed by atoms with Crippen LogP contribution in [-0.4, -0.2) is 24.3 Å². The van der Waals surface area contributed by atoms with Crippen LogP contribution in [0.4, 0.5) is 4.79 Å². The number of carbonyl (C=O) groups is 1. The summed E-state index contributed by atoms with van der Waals surface area (Å²) in [7, 11) is 0. The third kappa shape index (κ3) is 1.50. The fourth-order valence-electron chi connectivity index (χ4n) is 3.14. The largest absolute Gasteiger partial charge is 0.493 e. The predicted octanol–water partition coefficient (Wildman–Crippen LogP) is 2.22. The molecule has 2 aliphatic rings. The summed E-state index contributed by atoms with van der Waals surface area (Å²) >= 11 is 0. The summed E-state index contributed by atoms with van der Waals surface area (Å²) in [5.74, 6) is 0.933. The molecular formula is C15H14N2O3. The second-order valence-corrected chi connectivity index (χ2v) is 5.17. The Bertz CT molecular complexity index is 701. The molecule has 4 rings (SSSR count). The highest BCUT2D eigenvalue weighted by atomic mass is 16.7. The SMILES string of the molecule is NC(=O)N1OC[C@H]2COc3ccc4ccccc4c3[C@H]21. The molecule has 20 heavy (non-hydrogen) atoms. The fourth-order valence-corrected chi connectivity index (χ4v) is 3.14. The van der Waals surface area contributed by atoms with Crippen molar-refractivity contribution in [1.29, 1.82) is 0 Å². The molecule has 2 atom stereocenters. The van der Waals surface area contributed by atoms with Gasteiger partial charge in [-0.1, -0.05) is 30.3 Å². The zero-order valence-corrected chi connectivity index (χ0v) is 10.8. The summed E-state index contributed by atoms with van der Waals surface area (Å²) in [6.07, 6.45) is 0. The molecule has 2 N–H and O–H groups in total. The van der Waals surface area contributed by atoms with E-state index in [4.69, 9.17) is 15.3 Å². The van der Waals surface area contributed by atoms with E-state index in [0.29, 0.717) is 13.2 Å². The van der Waals surface area contributed by atoms with E-state index >= 15 is 0 Å². The molecule has 0 bridgehead atoms. The lowest BCUT2D eigenvalue weighted by molar-refractivity contribution is -0.0847. The van der Waals surface area contributed by atoms with E-state index in [1.165, 1.54) is 5.06 Å². The van der Waals surface area contributed by atoms with Crippen molar-refractivity contribution in [3.8, 4) is 5.75 Å². The summed E-state index contributed by atoms with van der Waals surface area (Å²) in [6.45, 7) is 0.996. The maximum atomic E-state index is 11.6. The van der Waals surface area contributed by atoms with Crippen molar-refractivity contribution in [2.75, 3.05) is 13.2 Å². The Kier molecular flexibility index (Phi) is 2.37. The van der Waals surface area contributed by atoms with Crippen LogP contribution in [0, 0.1) is 5.92 Å². The molecule has 0 unspecified atom stereocenters. The molecule has 102 valence electrons. The highest BCUT2D eigenvalue weighted by molar-refractivity contribution is 5.89. The number of nitrogens with two attached hydrogens (primary N) is 1. The lowest BCUT2D eigenvalue weighted by atomic mass is 9.88. The zero-order valence-electron chi connectivity index (χ0n) is 10.8. The molecule has 5 nitrogen and oxygen atoms in total. The second-order valence-electron chi connectivity index (χ2n) is 5.17. The Morgan fingerprint density at radius 1 is 1.20 bits per heavy atom. The van der Waals surface area contributed by atoms with E-state index in [1.807, 2.05) is 36.4 Å². The number of hydrogen-bond donors (Lipinski definition) is 1. The van der Waals surface area contributed by atoms with Crippen molar-refractivity contribution in [3.63, 3.8) is 0 Å². The molecule has 2 aliphatic heterocycles. The Morgan fingerprint density at radius 3 is 2.90 bits per heavy atom. The average Bonchev–Trinajstić information content (AvgIpc) is 2.91. The van der Waals surface area contributed by atoms with Crippen LogP contribution in [0.2, 0.25) is 0 Å². The number of rotatable bonds is 0. The molecule has 1 fully saturated rings. The molecule has 2 aromatic carbocycles. The van der Waals surface area contributed by atoms with Crippen LogP contribution < -0.4 is 10.5 Å². The van der Waals surface area contributed by atoms with Gasteiger partial charge in [0.15, 0.2) is 0 Å². The molecular weight excluding hydrogens is 256 g/mol. The first-order valence-corrected chi connectivity index (χ1v) is 6.62. The monoisotopic (exact) mass is 270 g/mol. The number of nitrogens with zero attached hydrogens (tertiary/aromatic N) is 1. The maximum Gasteiger partial charge on any atom is 0.339 e. The number of hydroxylamine groups is 2. The number of fused-ring (bicyclic) bond motifs is 5. The molecule has 0 aromatic heterocycles.